The quantitative estimate of drug-likeness (QED) is 0.665. The molecule has 0 spiro atoms. The number of alkyl halides is 1. The minimum Gasteiger partial charge on any atom is -0.341 e. The summed E-state index contributed by atoms with van der Waals surface area (Å²) in [6.07, 6.45) is 2.32. The second-order valence-electron chi connectivity index (χ2n) is 5.29. The summed E-state index contributed by atoms with van der Waals surface area (Å²) in [5, 5.41) is 0.741. The summed E-state index contributed by atoms with van der Waals surface area (Å²) in [6.45, 7) is 3.17. The molecule has 0 unspecified atom stereocenters. The third kappa shape index (κ3) is 2.53. The van der Waals surface area contributed by atoms with Crippen molar-refractivity contribution in [1.82, 2.24) is 0 Å². The summed E-state index contributed by atoms with van der Waals surface area (Å²) in [4.78, 5) is 2.37. The number of hydrogen-bond donors (Lipinski definition) is 0. The minimum absolute atomic E-state index is 0.480. The van der Waals surface area contributed by atoms with Crippen LogP contribution in [0.4, 0.5) is 11.4 Å². The Hall–Kier alpha value is -1.18. The zero-order valence-electron chi connectivity index (χ0n) is 11.5. The van der Waals surface area contributed by atoms with Gasteiger partial charge in [-0.3, -0.25) is 0 Å². The van der Waals surface area contributed by atoms with Crippen LogP contribution in [0.5, 0.6) is 0 Å². The fraction of sp³-hybridized carbons (Fsp3) is 0.294. The first-order chi connectivity index (χ1) is 9.69. The highest BCUT2D eigenvalue weighted by Gasteiger charge is 2.20. The standard InChI is InChI=1S/C17H17Cl2N/c1-12-4-6-16-13(9-12)3-2-8-20(16)17-7-5-15(19)10-14(17)11-18/h4-7,9-10H,2-3,8,11H2,1H3. The van der Waals surface area contributed by atoms with Crippen molar-refractivity contribution in [2.45, 2.75) is 25.6 Å². The molecule has 0 bridgehead atoms. The maximum absolute atomic E-state index is 6.09. The third-order valence-corrected chi connectivity index (χ3v) is 4.35. The topological polar surface area (TPSA) is 3.24 Å². The lowest BCUT2D eigenvalue weighted by Crippen LogP contribution is -2.25. The average Bonchev–Trinajstić information content (AvgIpc) is 2.46. The molecule has 0 fully saturated rings. The van der Waals surface area contributed by atoms with Gasteiger partial charge in [0.25, 0.3) is 0 Å². The molecule has 1 heterocycles. The van der Waals surface area contributed by atoms with Crippen molar-refractivity contribution < 1.29 is 0 Å². The van der Waals surface area contributed by atoms with E-state index in [4.69, 9.17) is 23.2 Å². The van der Waals surface area contributed by atoms with Crippen molar-refractivity contribution in [3.8, 4) is 0 Å². The summed E-state index contributed by atoms with van der Waals surface area (Å²) >= 11 is 12.2. The van der Waals surface area contributed by atoms with Gasteiger partial charge in [0.15, 0.2) is 0 Å². The molecule has 0 atom stereocenters. The Morgan fingerprint density at radius 2 is 1.90 bits per heavy atom. The fourth-order valence-electron chi connectivity index (χ4n) is 2.90. The van der Waals surface area contributed by atoms with E-state index in [0.29, 0.717) is 5.88 Å². The van der Waals surface area contributed by atoms with Crippen molar-refractivity contribution >= 4 is 34.6 Å². The van der Waals surface area contributed by atoms with Crippen LogP contribution in [0.3, 0.4) is 0 Å². The van der Waals surface area contributed by atoms with Gasteiger partial charge in [0.1, 0.15) is 0 Å². The molecule has 0 saturated carbocycles. The monoisotopic (exact) mass is 305 g/mol. The summed E-state index contributed by atoms with van der Waals surface area (Å²) < 4.78 is 0. The Morgan fingerprint density at radius 1 is 1.10 bits per heavy atom. The first-order valence-corrected chi connectivity index (χ1v) is 7.82. The van der Waals surface area contributed by atoms with Crippen molar-refractivity contribution in [2.75, 3.05) is 11.4 Å². The van der Waals surface area contributed by atoms with E-state index < -0.39 is 0 Å². The van der Waals surface area contributed by atoms with Gasteiger partial charge in [-0.25, -0.2) is 0 Å². The Labute approximate surface area is 130 Å². The van der Waals surface area contributed by atoms with Gasteiger partial charge in [-0.1, -0.05) is 29.3 Å². The van der Waals surface area contributed by atoms with Gasteiger partial charge in [-0.2, -0.15) is 0 Å². The summed E-state index contributed by atoms with van der Waals surface area (Å²) in [7, 11) is 0. The second kappa shape index (κ2) is 5.67. The largest absolute Gasteiger partial charge is 0.341 e. The van der Waals surface area contributed by atoms with E-state index in [-0.39, 0.29) is 0 Å². The van der Waals surface area contributed by atoms with Crippen molar-refractivity contribution in [2.24, 2.45) is 0 Å². The smallest absolute Gasteiger partial charge is 0.0495 e. The number of nitrogens with zero attached hydrogens (tertiary/aromatic N) is 1. The highest BCUT2D eigenvalue weighted by molar-refractivity contribution is 6.30. The highest BCUT2D eigenvalue weighted by atomic mass is 35.5. The molecule has 1 nitrogen and oxygen atoms in total. The summed E-state index contributed by atoms with van der Waals surface area (Å²) in [5.74, 6) is 0.480. The van der Waals surface area contributed by atoms with Gasteiger partial charge >= 0.3 is 0 Å². The Balaban J connectivity index is 2.09. The van der Waals surface area contributed by atoms with Crippen LogP contribution in [0, 0.1) is 6.92 Å². The van der Waals surface area contributed by atoms with Gasteiger partial charge in [0, 0.05) is 28.8 Å². The lowest BCUT2D eigenvalue weighted by molar-refractivity contribution is 0.764. The molecule has 0 N–H and O–H groups in total. The van der Waals surface area contributed by atoms with Gasteiger partial charge in [0.05, 0.1) is 0 Å². The molecular formula is C17H17Cl2N. The van der Waals surface area contributed by atoms with Crippen molar-refractivity contribution in [3.05, 3.63) is 58.1 Å². The van der Waals surface area contributed by atoms with E-state index in [0.717, 1.165) is 23.6 Å². The van der Waals surface area contributed by atoms with Crippen LogP contribution in [0.15, 0.2) is 36.4 Å². The van der Waals surface area contributed by atoms with Crippen LogP contribution in [-0.2, 0) is 12.3 Å². The average molecular weight is 306 g/mol. The molecule has 0 aromatic heterocycles. The van der Waals surface area contributed by atoms with Gasteiger partial charge in [-0.05, 0) is 55.2 Å². The van der Waals surface area contributed by atoms with E-state index in [1.54, 1.807) is 0 Å². The number of rotatable bonds is 2. The fourth-order valence-corrected chi connectivity index (χ4v) is 3.31. The molecule has 1 aliphatic rings. The Bertz CT molecular complexity index is 637. The molecule has 3 rings (SSSR count). The molecule has 104 valence electrons. The molecule has 0 amide bonds. The van der Waals surface area contributed by atoms with Crippen molar-refractivity contribution in [1.29, 1.82) is 0 Å². The first-order valence-electron chi connectivity index (χ1n) is 6.90. The van der Waals surface area contributed by atoms with Crippen LogP contribution >= 0.6 is 23.2 Å². The third-order valence-electron chi connectivity index (χ3n) is 3.83. The normalized spacial score (nSPS) is 14.2. The predicted octanol–water partition coefficient (Wildman–Crippen LogP) is 5.47. The van der Waals surface area contributed by atoms with Crippen LogP contribution in [-0.4, -0.2) is 6.54 Å². The van der Waals surface area contributed by atoms with E-state index >= 15 is 0 Å². The lowest BCUT2D eigenvalue weighted by Gasteiger charge is -2.33. The molecule has 0 saturated heterocycles. The van der Waals surface area contributed by atoms with Gasteiger partial charge < -0.3 is 4.90 Å². The number of aryl methyl sites for hydroxylation is 2. The van der Waals surface area contributed by atoms with Crippen LogP contribution in [0.1, 0.15) is 23.1 Å². The van der Waals surface area contributed by atoms with E-state index in [9.17, 15) is 0 Å². The SMILES string of the molecule is Cc1ccc2c(c1)CCCN2c1ccc(Cl)cc1CCl. The van der Waals surface area contributed by atoms with Crippen molar-refractivity contribution in [3.63, 3.8) is 0 Å². The zero-order valence-corrected chi connectivity index (χ0v) is 13.0. The van der Waals surface area contributed by atoms with Crippen LogP contribution < -0.4 is 4.90 Å². The maximum Gasteiger partial charge on any atom is 0.0495 e. The van der Waals surface area contributed by atoms with E-state index in [1.165, 1.54) is 28.9 Å². The van der Waals surface area contributed by atoms with E-state index in [1.807, 2.05) is 12.1 Å². The molecule has 3 heteroatoms. The molecule has 2 aromatic carbocycles. The molecule has 0 aliphatic carbocycles. The molecule has 1 aliphatic heterocycles. The molecular weight excluding hydrogens is 289 g/mol. The molecule has 2 aromatic rings. The second-order valence-corrected chi connectivity index (χ2v) is 6.00. The predicted molar refractivity (Wildman–Crippen MR) is 87.5 cm³/mol. The Kier molecular flexibility index (Phi) is 3.91. The summed E-state index contributed by atoms with van der Waals surface area (Å²) in [5.41, 5.74) is 6.31. The van der Waals surface area contributed by atoms with E-state index in [2.05, 4.69) is 36.1 Å². The Morgan fingerprint density at radius 3 is 2.70 bits per heavy atom. The molecule has 20 heavy (non-hydrogen) atoms. The maximum atomic E-state index is 6.09. The number of fused-ring (bicyclic) bond motifs is 1. The number of anilines is 2. The molecule has 0 radical (unpaired) electrons. The minimum atomic E-state index is 0.480. The van der Waals surface area contributed by atoms with Crippen LogP contribution in [0.25, 0.3) is 0 Å². The highest BCUT2D eigenvalue weighted by Crippen LogP contribution is 2.37. The first kappa shape index (κ1) is 13.8. The van der Waals surface area contributed by atoms with Gasteiger partial charge in [0.2, 0.25) is 0 Å². The van der Waals surface area contributed by atoms with Crippen LogP contribution in [0.2, 0.25) is 5.02 Å². The van der Waals surface area contributed by atoms with Gasteiger partial charge in [-0.15, -0.1) is 11.6 Å². The lowest BCUT2D eigenvalue weighted by atomic mass is 9.98. The number of benzene rings is 2. The summed E-state index contributed by atoms with van der Waals surface area (Å²) in [6, 6.07) is 12.7. The number of halogens is 2. The number of hydrogen-bond acceptors (Lipinski definition) is 1. The zero-order chi connectivity index (χ0) is 14.1.